The Kier molecular flexibility index (Phi) is 5.88. The normalized spacial score (nSPS) is 10.3. The van der Waals surface area contributed by atoms with E-state index in [1.54, 1.807) is 11.3 Å². The van der Waals surface area contributed by atoms with Crippen LogP contribution in [0.5, 0.6) is 0 Å². The van der Waals surface area contributed by atoms with Crippen molar-refractivity contribution in [3.8, 4) is 0 Å². The quantitative estimate of drug-likeness (QED) is 0.565. The molecule has 1 heterocycles. The Morgan fingerprint density at radius 3 is 3.06 bits per heavy atom. The average Bonchev–Trinajstić information content (AvgIpc) is 2.64. The first-order chi connectivity index (χ1) is 7.74. The summed E-state index contributed by atoms with van der Waals surface area (Å²) in [6.07, 6.45) is 1.27. The average molecular weight is 242 g/mol. The van der Waals surface area contributed by atoms with Crippen molar-refractivity contribution in [2.24, 2.45) is 0 Å². The highest BCUT2D eigenvalue weighted by Gasteiger charge is 2.02. The lowest BCUT2D eigenvalue weighted by molar-refractivity contribution is -0.143. The van der Waals surface area contributed by atoms with Crippen LogP contribution < -0.4 is 11.1 Å². The number of hydrogen-bond acceptors (Lipinski definition) is 5. The van der Waals surface area contributed by atoms with Crippen LogP contribution in [0.2, 0.25) is 0 Å². The molecule has 1 aromatic heterocycles. The monoisotopic (exact) mass is 242 g/mol. The summed E-state index contributed by atoms with van der Waals surface area (Å²) in [5.74, 6) is -0.125. The smallest absolute Gasteiger partial charge is 0.305 e. The predicted octanol–water partition coefficient (Wildman–Crippen LogP) is 1.76. The van der Waals surface area contributed by atoms with E-state index in [1.165, 1.54) is 0 Å². The summed E-state index contributed by atoms with van der Waals surface area (Å²) in [4.78, 5) is 12.2. The molecule has 0 aliphatic heterocycles. The third-order valence-electron chi connectivity index (χ3n) is 2.11. The summed E-state index contributed by atoms with van der Waals surface area (Å²) in [6, 6.07) is 1.90. The molecule has 90 valence electrons. The number of hydrogen-bond donors (Lipinski definition) is 2. The highest BCUT2D eigenvalue weighted by molar-refractivity contribution is 7.10. The zero-order valence-electron chi connectivity index (χ0n) is 9.49. The Morgan fingerprint density at radius 2 is 2.44 bits per heavy atom. The number of carbonyl (C=O) groups is 1. The summed E-state index contributed by atoms with van der Waals surface area (Å²) in [5.41, 5.74) is 6.58. The lowest BCUT2D eigenvalue weighted by atomic mass is 10.3. The molecular formula is C11H18N2O2S. The minimum atomic E-state index is -0.125. The van der Waals surface area contributed by atoms with E-state index < -0.39 is 0 Å². The van der Waals surface area contributed by atoms with Crippen molar-refractivity contribution in [3.63, 3.8) is 0 Å². The van der Waals surface area contributed by atoms with E-state index in [0.717, 1.165) is 30.1 Å². The molecule has 0 bridgehead atoms. The van der Waals surface area contributed by atoms with Crippen LogP contribution in [0.15, 0.2) is 11.4 Å². The number of anilines is 1. The molecule has 1 rings (SSSR count). The van der Waals surface area contributed by atoms with Gasteiger partial charge in [0.15, 0.2) is 0 Å². The van der Waals surface area contributed by atoms with Gasteiger partial charge in [0.05, 0.1) is 6.61 Å². The molecule has 0 saturated carbocycles. The molecule has 5 heteroatoms. The SMILES string of the molecule is CCOC(=O)CCCNCc1sccc1N. The summed E-state index contributed by atoms with van der Waals surface area (Å²) < 4.78 is 4.83. The zero-order chi connectivity index (χ0) is 11.8. The molecule has 0 aromatic carbocycles. The molecule has 0 saturated heterocycles. The summed E-state index contributed by atoms with van der Waals surface area (Å²) >= 11 is 1.64. The van der Waals surface area contributed by atoms with E-state index in [9.17, 15) is 4.79 Å². The van der Waals surface area contributed by atoms with Crippen LogP contribution in [0.4, 0.5) is 5.69 Å². The van der Waals surface area contributed by atoms with Crippen molar-refractivity contribution < 1.29 is 9.53 Å². The molecule has 4 nitrogen and oxygen atoms in total. The molecule has 0 unspecified atom stereocenters. The van der Waals surface area contributed by atoms with Crippen molar-refractivity contribution in [3.05, 3.63) is 16.3 Å². The fraction of sp³-hybridized carbons (Fsp3) is 0.545. The fourth-order valence-corrected chi connectivity index (χ4v) is 2.06. The first-order valence-corrected chi connectivity index (χ1v) is 6.30. The molecule has 0 aliphatic rings. The number of nitrogen functional groups attached to an aromatic ring is 1. The van der Waals surface area contributed by atoms with Gasteiger partial charge in [0.1, 0.15) is 0 Å². The van der Waals surface area contributed by atoms with Gasteiger partial charge in [0.25, 0.3) is 0 Å². The molecule has 0 atom stereocenters. The van der Waals surface area contributed by atoms with Crippen molar-refractivity contribution in [2.75, 3.05) is 18.9 Å². The molecule has 16 heavy (non-hydrogen) atoms. The first kappa shape index (κ1) is 13.0. The number of ether oxygens (including phenoxy) is 1. The number of carbonyl (C=O) groups excluding carboxylic acids is 1. The van der Waals surface area contributed by atoms with Gasteiger partial charge in [-0.2, -0.15) is 0 Å². The fourth-order valence-electron chi connectivity index (χ4n) is 1.29. The Morgan fingerprint density at radius 1 is 1.62 bits per heavy atom. The molecule has 0 spiro atoms. The third-order valence-corrected chi connectivity index (χ3v) is 3.04. The van der Waals surface area contributed by atoms with Crippen LogP contribution in [0.25, 0.3) is 0 Å². The first-order valence-electron chi connectivity index (χ1n) is 5.42. The van der Waals surface area contributed by atoms with Crippen molar-refractivity contribution >= 4 is 23.0 Å². The van der Waals surface area contributed by atoms with Crippen molar-refractivity contribution in [2.45, 2.75) is 26.3 Å². The molecule has 1 aromatic rings. The molecular weight excluding hydrogens is 224 g/mol. The number of esters is 1. The van der Waals surface area contributed by atoms with E-state index in [-0.39, 0.29) is 5.97 Å². The van der Waals surface area contributed by atoms with Crippen LogP contribution in [-0.4, -0.2) is 19.1 Å². The van der Waals surface area contributed by atoms with Crippen LogP contribution in [0.1, 0.15) is 24.6 Å². The second-order valence-corrected chi connectivity index (χ2v) is 4.39. The summed E-state index contributed by atoms with van der Waals surface area (Å²) in [5, 5.41) is 5.23. The number of nitrogens with two attached hydrogens (primary N) is 1. The molecule has 0 fully saturated rings. The minimum absolute atomic E-state index is 0.125. The Labute approximate surface area is 99.8 Å². The maximum absolute atomic E-state index is 11.0. The Balaban J connectivity index is 2.04. The van der Waals surface area contributed by atoms with Gasteiger partial charge in [-0.3, -0.25) is 4.79 Å². The molecule has 0 amide bonds. The standard InChI is InChI=1S/C11H18N2O2S/c1-2-15-11(14)4-3-6-13-8-10-9(12)5-7-16-10/h5,7,13H,2-4,6,8,12H2,1H3. The predicted molar refractivity (Wildman–Crippen MR) is 66.3 cm³/mol. The lowest BCUT2D eigenvalue weighted by Gasteiger charge is -2.04. The van der Waals surface area contributed by atoms with E-state index in [4.69, 9.17) is 10.5 Å². The van der Waals surface area contributed by atoms with Crippen LogP contribution >= 0.6 is 11.3 Å². The van der Waals surface area contributed by atoms with Crippen molar-refractivity contribution in [1.29, 1.82) is 0 Å². The van der Waals surface area contributed by atoms with Gasteiger partial charge in [0.2, 0.25) is 0 Å². The van der Waals surface area contributed by atoms with Gasteiger partial charge in [-0.15, -0.1) is 11.3 Å². The Hall–Kier alpha value is -1.07. The zero-order valence-corrected chi connectivity index (χ0v) is 10.3. The highest BCUT2D eigenvalue weighted by Crippen LogP contribution is 2.17. The number of rotatable bonds is 7. The van der Waals surface area contributed by atoms with Gasteiger partial charge in [-0.05, 0) is 31.3 Å². The maximum Gasteiger partial charge on any atom is 0.305 e. The summed E-state index contributed by atoms with van der Waals surface area (Å²) in [6.45, 7) is 3.84. The largest absolute Gasteiger partial charge is 0.466 e. The highest BCUT2D eigenvalue weighted by atomic mass is 32.1. The number of nitrogens with one attached hydrogen (secondary N) is 1. The van der Waals surface area contributed by atoms with E-state index in [1.807, 2.05) is 18.4 Å². The van der Waals surface area contributed by atoms with Gasteiger partial charge in [-0.25, -0.2) is 0 Å². The molecule has 3 N–H and O–H groups in total. The Bertz CT molecular complexity index is 326. The van der Waals surface area contributed by atoms with Gasteiger partial charge >= 0.3 is 5.97 Å². The second-order valence-electron chi connectivity index (χ2n) is 3.38. The molecule has 0 radical (unpaired) electrons. The lowest BCUT2D eigenvalue weighted by Crippen LogP contribution is -2.16. The summed E-state index contributed by atoms with van der Waals surface area (Å²) in [7, 11) is 0. The molecule has 0 aliphatic carbocycles. The van der Waals surface area contributed by atoms with Gasteiger partial charge in [0, 0.05) is 23.5 Å². The minimum Gasteiger partial charge on any atom is -0.466 e. The topological polar surface area (TPSA) is 64.3 Å². The van der Waals surface area contributed by atoms with Crippen molar-refractivity contribution in [1.82, 2.24) is 5.32 Å². The number of thiophene rings is 1. The van der Waals surface area contributed by atoms with E-state index >= 15 is 0 Å². The maximum atomic E-state index is 11.0. The van der Waals surface area contributed by atoms with E-state index in [0.29, 0.717) is 13.0 Å². The van der Waals surface area contributed by atoms with E-state index in [2.05, 4.69) is 5.32 Å². The van der Waals surface area contributed by atoms with Gasteiger partial charge < -0.3 is 15.8 Å². The van der Waals surface area contributed by atoms with Crippen LogP contribution in [-0.2, 0) is 16.1 Å². The van der Waals surface area contributed by atoms with Crippen LogP contribution in [0, 0.1) is 0 Å². The van der Waals surface area contributed by atoms with Crippen LogP contribution in [0.3, 0.4) is 0 Å². The second kappa shape index (κ2) is 7.24. The third kappa shape index (κ3) is 4.63. The van der Waals surface area contributed by atoms with Gasteiger partial charge in [-0.1, -0.05) is 0 Å².